The van der Waals surface area contributed by atoms with Crippen molar-refractivity contribution in [3.8, 4) is 0 Å². The van der Waals surface area contributed by atoms with Crippen molar-refractivity contribution in [3.63, 3.8) is 0 Å². The van der Waals surface area contributed by atoms with Gasteiger partial charge in [-0.3, -0.25) is 9.69 Å². The van der Waals surface area contributed by atoms with E-state index >= 15 is 0 Å². The van der Waals surface area contributed by atoms with Gasteiger partial charge in [-0.1, -0.05) is 43.5 Å². The number of amides is 3. The second-order valence-corrected chi connectivity index (χ2v) is 8.05. The monoisotopic (exact) mass is 363 g/mol. The molecule has 2 aromatic rings. The number of aromatic amines is 1. The first-order valence-corrected chi connectivity index (χ1v) is 10.0. The maximum atomic E-state index is 13.2. The average molecular weight is 363 g/mol. The van der Waals surface area contributed by atoms with Crippen LogP contribution >= 0.6 is 0 Å². The van der Waals surface area contributed by atoms with Gasteiger partial charge in [0.2, 0.25) is 0 Å². The summed E-state index contributed by atoms with van der Waals surface area (Å²) >= 11 is 0. The van der Waals surface area contributed by atoms with E-state index in [1.165, 1.54) is 35.1 Å². The van der Waals surface area contributed by atoms with E-state index in [0.717, 1.165) is 24.1 Å². The molecule has 1 aliphatic carbocycles. The van der Waals surface area contributed by atoms with Crippen LogP contribution in [0.4, 0.5) is 4.79 Å². The zero-order chi connectivity index (χ0) is 18.5. The molecule has 5 rings (SSSR count). The highest BCUT2D eigenvalue weighted by Gasteiger charge is 2.53. The SMILES string of the molecule is C=CCN1C(=O)[C@@H]2Cc3c([nH]c4ccccc34)[C@@H](C3CCCCC3)N2C1=O. The van der Waals surface area contributed by atoms with Gasteiger partial charge in [-0.25, -0.2) is 4.79 Å². The molecule has 2 atom stereocenters. The minimum Gasteiger partial charge on any atom is -0.356 e. The Bertz CT molecular complexity index is 925. The number of imide groups is 1. The summed E-state index contributed by atoms with van der Waals surface area (Å²) in [5.41, 5.74) is 3.48. The zero-order valence-electron chi connectivity index (χ0n) is 15.5. The predicted molar refractivity (Wildman–Crippen MR) is 104 cm³/mol. The van der Waals surface area contributed by atoms with Gasteiger partial charge in [0.25, 0.3) is 5.91 Å². The fraction of sp³-hybridized carbons (Fsp3) is 0.455. The lowest BCUT2D eigenvalue weighted by molar-refractivity contribution is -0.128. The van der Waals surface area contributed by atoms with Crippen LogP contribution in [0, 0.1) is 5.92 Å². The number of hydrogen-bond donors (Lipinski definition) is 1. The number of aromatic nitrogens is 1. The van der Waals surface area contributed by atoms with Gasteiger partial charge in [-0.15, -0.1) is 6.58 Å². The first kappa shape index (κ1) is 16.6. The van der Waals surface area contributed by atoms with Crippen molar-refractivity contribution in [2.75, 3.05) is 6.54 Å². The molecule has 2 aliphatic heterocycles. The molecule has 0 radical (unpaired) electrons. The summed E-state index contributed by atoms with van der Waals surface area (Å²) in [7, 11) is 0. The Morgan fingerprint density at radius 2 is 1.93 bits per heavy atom. The Hall–Kier alpha value is -2.56. The third-order valence-electron chi connectivity index (χ3n) is 6.59. The van der Waals surface area contributed by atoms with Gasteiger partial charge in [-0.2, -0.15) is 0 Å². The molecule has 5 nitrogen and oxygen atoms in total. The van der Waals surface area contributed by atoms with Crippen LogP contribution < -0.4 is 0 Å². The molecule has 27 heavy (non-hydrogen) atoms. The Kier molecular flexibility index (Phi) is 3.85. The number of carbonyl (C=O) groups is 2. The van der Waals surface area contributed by atoms with E-state index in [2.05, 4.69) is 23.7 Å². The molecular weight excluding hydrogens is 338 g/mol. The molecule has 5 heteroatoms. The minimum absolute atomic E-state index is 0.0299. The van der Waals surface area contributed by atoms with E-state index in [0.29, 0.717) is 12.3 Å². The van der Waals surface area contributed by atoms with Crippen molar-refractivity contribution in [3.05, 3.63) is 48.2 Å². The van der Waals surface area contributed by atoms with Crippen LogP contribution in [0.1, 0.15) is 49.4 Å². The number of nitrogens with zero attached hydrogens (tertiary/aromatic N) is 2. The van der Waals surface area contributed by atoms with Gasteiger partial charge in [0.1, 0.15) is 6.04 Å². The Morgan fingerprint density at radius 1 is 1.15 bits per heavy atom. The van der Waals surface area contributed by atoms with Gasteiger partial charge >= 0.3 is 6.03 Å². The Balaban J connectivity index is 1.66. The number of H-pyrrole nitrogens is 1. The van der Waals surface area contributed by atoms with Crippen LogP contribution in [0.15, 0.2) is 36.9 Å². The summed E-state index contributed by atoms with van der Waals surface area (Å²) in [5, 5.41) is 1.19. The number of hydrogen-bond acceptors (Lipinski definition) is 2. The van der Waals surface area contributed by atoms with Crippen molar-refractivity contribution in [2.45, 2.75) is 50.6 Å². The van der Waals surface area contributed by atoms with Crippen LogP contribution in [0.2, 0.25) is 0 Å². The maximum Gasteiger partial charge on any atom is 0.328 e. The lowest BCUT2D eigenvalue weighted by Gasteiger charge is -2.41. The molecule has 1 saturated carbocycles. The number of para-hydroxylation sites is 1. The van der Waals surface area contributed by atoms with E-state index < -0.39 is 0 Å². The first-order chi connectivity index (χ1) is 13.2. The van der Waals surface area contributed by atoms with E-state index in [1.54, 1.807) is 6.08 Å². The molecule has 140 valence electrons. The lowest BCUT2D eigenvalue weighted by Crippen LogP contribution is -2.46. The lowest BCUT2D eigenvalue weighted by atomic mass is 9.78. The quantitative estimate of drug-likeness (QED) is 0.657. The van der Waals surface area contributed by atoms with E-state index in [-0.39, 0.29) is 30.6 Å². The molecule has 3 aliphatic rings. The van der Waals surface area contributed by atoms with E-state index in [4.69, 9.17) is 0 Å². The van der Waals surface area contributed by atoms with Crippen molar-refractivity contribution in [1.82, 2.24) is 14.8 Å². The number of carbonyl (C=O) groups excluding carboxylic acids is 2. The van der Waals surface area contributed by atoms with Crippen LogP contribution in [0.3, 0.4) is 0 Å². The third-order valence-corrected chi connectivity index (χ3v) is 6.59. The topological polar surface area (TPSA) is 56.4 Å². The van der Waals surface area contributed by atoms with Crippen molar-refractivity contribution in [2.24, 2.45) is 5.92 Å². The molecule has 1 saturated heterocycles. The fourth-order valence-electron chi connectivity index (χ4n) is 5.40. The predicted octanol–water partition coefficient (Wildman–Crippen LogP) is 4.16. The molecule has 0 bridgehead atoms. The molecular formula is C22H25N3O2. The largest absolute Gasteiger partial charge is 0.356 e. The molecule has 3 amide bonds. The van der Waals surface area contributed by atoms with Crippen molar-refractivity contribution in [1.29, 1.82) is 0 Å². The van der Waals surface area contributed by atoms with E-state index in [9.17, 15) is 9.59 Å². The highest BCUT2D eigenvalue weighted by Crippen LogP contribution is 2.47. The van der Waals surface area contributed by atoms with Crippen LogP contribution in [-0.4, -0.2) is 39.3 Å². The molecule has 1 N–H and O–H groups in total. The molecule has 0 unspecified atom stereocenters. The molecule has 2 fully saturated rings. The van der Waals surface area contributed by atoms with Gasteiger partial charge in [-0.05, 0) is 30.4 Å². The smallest absolute Gasteiger partial charge is 0.328 e. The number of urea groups is 1. The van der Waals surface area contributed by atoms with Crippen molar-refractivity contribution >= 4 is 22.8 Å². The summed E-state index contributed by atoms with van der Waals surface area (Å²) in [5.74, 6) is 0.338. The number of benzene rings is 1. The van der Waals surface area contributed by atoms with Gasteiger partial charge < -0.3 is 9.88 Å². The standard InChI is InChI=1S/C22H25N3O2/c1-2-12-24-21(26)18-13-16-15-10-6-7-11-17(15)23-19(16)20(25(18)22(24)27)14-8-4-3-5-9-14/h2,6-7,10-11,14,18,20,23H,1,3-5,8-9,12-13H2/t18-,20+/m0/s1. The summed E-state index contributed by atoms with van der Waals surface area (Å²) in [6, 6.07) is 7.73. The van der Waals surface area contributed by atoms with Gasteiger partial charge in [0.05, 0.1) is 6.04 Å². The highest BCUT2D eigenvalue weighted by molar-refractivity contribution is 6.05. The van der Waals surface area contributed by atoms with Gasteiger partial charge in [0, 0.05) is 29.6 Å². The number of rotatable bonds is 3. The summed E-state index contributed by atoms with van der Waals surface area (Å²) in [6.07, 6.45) is 8.14. The van der Waals surface area contributed by atoms with Crippen LogP contribution in [0.5, 0.6) is 0 Å². The summed E-state index contributed by atoms with van der Waals surface area (Å²) < 4.78 is 0. The highest BCUT2D eigenvalue weighted by atomic mass is 16.2. The molecule has 1 aromatic heterocycles. The Morgan fingerprint density at radius 3 is 2.70 bits per heavy atom. The van der Waals surface area contributed by atoms with Gasteiger partial charge in [0.15, 0.2) is 0 Å². The average Bonchev–Trinajstić information content (AvgIpc) is 3.18. The number of fused-ring (bicyclic) bond motifs is 4. The summed E-state index contributed by atoms with van der Waals surface area (Å²) in [4.78, 5) is 33.1. The fourth-order valence-corrected chi connectivity index (χ4v) is 5.40. The second kappa shape index (κ2) is 6.25. The van der Waals surface area contributed by atoms with Crippen molar-refractivity contribution < 1.29 is 9.59 Å². The maximum absolute atomic E-state index is 13.2. The molecule has 1 aromatic carbocycles. The zero-order valence-corrected chi connectivity index (χ0v) is 15.5. The third kappa shape index (κ3) is 2.37. The molecule has 0 spiro atoms. The van der Waals surface area contributed by atoms with E-state index in [1.807, 2.05) is 17.0 Å². The minimum atomic E-state index is -0.379. The normalized spacial score (nSPS) is 25.8. The summed E-state index contributed by atoms with van der Waals surface area (Å²) in [6.45, 7) is 4.01. The van der Waals surface area contributed by atoms with Crippen LogP contribution in [0.25, 0.3) is 10.9 Å². The number of nitrogens with one attached hydrogen (secondary N) is 1. The van der Waals surface area contributed by atoms with Crippen LogP contribution in [-0.2, 0) is 11.2 Å². The first-order valence-electron chi connectivity index (χ1n) is 10.0. The molecule has 3 heterocycles. The second-order valence-electron chi connectivity index (χ2n) is 8.05. The Labute approximate surface area is 159 Å².